The maximum Gasteiger partial charge on any atom is 0.304 e. The molecule has 0 aliphatic heterocycles. The molecule has 0 heterocycles. The SMILES string of the molecule is Cc1cccc(C(C)C)c1NC(=O)CN(c1ccc(F)cc1)S(=O)(=O)N(C)C. The minimum Gasteiger partial charge on any atom is -0.324 e. The van der Waals surface area contributed by atoms with Crippen molar-refractivity contribution in [2.75, 3.05) is 30.3 Å². The summed E-state index contributed by atoms with van der Waals surface area (Å²) in [5.41, 5.74) is 2.75. The largest absolute Gasteiger partial charge is 0.324 e. The molecule has 0 aliphatic carbocycles. The molecule has 0 saturated heterocycles. The van der Waals surface area contributed by atoms with Crippen molar-refractivity contribution in [2.45, 2.75) is 26.7 Å². The van der Waals surface area contributed by atoms with Gasteiger partial charge in [-0.25, -0.2) is 8.70 Å². The van der Waals surface area contributed by atoms with E-state index >= 15 is 0 Å². The summed E-state index contributed by atoms with van der Waals surface area (Å²) in [6.07, 6.45) is 0. The maximum atomic E-state index is 13.3. The molecule has 0 radical (unpaired) electrons. The van der Waals surface area contributed by atoms with Gasteiger partial charge in [0.05, 0.1) is 5.69 Å². The zero-order chi connectivity index (χ0) is 21.1. The van der Waals surface area contributed by atoms with Crippen LogP contribution in [0.4, 0.5) is 15.8 Å². The number of para-hydroxylation sites is 1. The normalized spacial score (nSPS) is 11.7. The fraction of sp³-hybridized carbons (Fsp3) is 0.350. The highest BCUT2D eigenvalue weighted by Crippen LogP contribution is 2.28. The molecule has 0 spiro atoms. The van der Waals surface area contributed by atoms with Gasteiger partial charge in [0.2, 0.25) is 5.91 Å². The van der Waals surface area contributed by atoms with Gasteiger partial charge in [-0.15, -0.1) is 0 Å². The van der Waals surface area contributed by atoms with Crippen molar-refractivity contribution in [1.29, 1.82) is 0 Å². The zero-order valence-electron chi connectivity index (χ0n) is 16.7. The molecule has 152 valence electrons. The highest BCUT2D eigenvalue weighted by Gasteiger charge is 2.27. The van der Waals surface area contributed by atoms with Gasteiger partial charge in [-0.05, 0) is 48.2 Å². The highest BCUT2D eigenvalue weighted by atomic mass is 32.2. The number of hydrogen-bond acceptors (Lipinski definition) is 3. The average Bonchev–Trinajstić information content (AvgIpc) is 2.61. The first-order valence-electron chi connectivity index (χ1n) is 8.89. The first kappa shape index (κ1) is 21.8. The van der Waals surface area contributed by atoms with Crippen LogP contribution in [0.15, 0.2) is 42.5 Å². The van der Waals surface area contributed by atoms with Crippen LogP contribution in [0.5, 0.6) is 0 Å². The Labute approximate surface area is 166 Å². The number of hydrogen-bond donors (Lipinski definition) is 1. The fourth-order valence-corrected chi connectivity index (χ4v) is 3.83. The summed E-state index contributed by atoms with van der Waals surface area (Å²) in [5, 5.41) is 2.85. The van der Waals surface area contributed by atoms with Crippen molar-refractivity contribution in [1.82, 2.24) is 4.31 Å². The smallest absolute Gasteiger partial charge is 0.304 e. The number of nitrogens with zero attached hydrogens (tertiary/aromatic N) is 2. The monoisotopic (exact) mass is 407 g/mol. The first-order chi connectivity index (χ1) is 13.0. The average molecular weight is 408 g/mol. The summed E-state index contributed by atoms with van der Waals surface area (Å²) < 4.78 is 40.7. The molecule has 8 heteroatoms. The molecule has 2 rings (SSSR count). The Morgan fingerprint density at radius 1 is 1.11 bits per heavy atom. The number of halogens is 1. The predicted molar refractivity (Wildman–Crippen MR) is 110 cm³/mol. The number of benzene rings is 2. The van der Waals surface area contributed by atoms with Crippen LogP contribution in [-0.2, 0) is 15.0 Å². The molecule has 2 aromatic rings. The number of nitrogens with one attached hydrogen (secondary N) is 1. The van der Waals surface area contributed by atoms with Crippen LogP contribution in [0.1, 0.15) is 30.9 Å². The van der Waals surface area contributed by atoms with E-state index in [0.29, 0.717) is 5.69 Å². The number of rotatable bonds is 7. The number of carbonyl (C=O) groups is 1. The molecule has 0 unspecified atom stereocenters. The van der Waals surface area contributed by atoms with Crippen molar-refractivity contribution in [3.63, 3.8) is 0 Å². The van der Waals surface area contributed by atoms with Crippen LogP contribution in [0, 0.1) is 12.7 Å². The van der Waals surface area contributed by atoms with E-state index in [9.17, 15) is 17.6 Å². The van der Waals surface area contributed by atoms with Gasteiger partial charge < -0.3 is 5.32 Å². The third-order valence-corrected chi connectivity index (χ3v) is 6.15. The standard InChI is InChI=1S/C20H26FN3O3S/c1-14(2)18-8-6-7-15(3)20(18)22-19(25)13-24(28(26,27)23(4)5)17-11-9-16(21)10-12-17/h6-12,14H,13H2,1-5H3,(H,22,25). The Kier molecular flexibility index (Phi) is 6.79. The fourth-order valence-electron chi connectivity index (χ4n) is 2.76. The number of aryl methyl sites for hydroxylation is 1. The molecule has 0 saturated carbocycles. The first-order valence-corrected chi connectivity index (χ1v) is 10.3. The molecule has 0 aromatic heterocycles. The van der Waals surface area contributed by atoms with Crippen molar-refractivity contribution in [3.05, 3.63) is 59.4 Å². The van der Waals surface area contributed by atoms with E-state index in [2.05, 4.69) is 5.32 Å². The minimum absolute atomic E-state index is 0.189. The number of anilines is 2. The van der Waals surface area contributed by atoms with E-state index in [1.165, 1.54) is 26.2 Å². The summed E-state index contributed by atoms with van der Waals surface area (Å²) >= 11 is 0. The van der Waals surface area contributed by atoms with E-state index in [1.807, 2.05) is 39.0 Å². The van der Waals surface area contributed by atoms with Crippen molar-refractivity contribution >= 4 is 27.5 Å². The molecular weight excluding hydrogens is 381 g/mol. The van der Waals surface area contributed by atoms with Gasteiger partial charge in [-0.1, -0.05) is 32.0 Å². The van der Waals surface area contributed by atoms with Crippen LogP contribution in [0.3, 0.4) is 0 Å². The maximum absolute atomic E-state index is 13.3. The topological polar surface area (TPSA) is 69.7 Å². The summed E-state index contributed by atoms with van der Waals surface area (Å²) in [6, 6.07) is 10.7. The van der Waals surface area contributed by atoms with Gasteiger partial charge in [0, 0.05) is 19.8 Å². The second-order valence-electron chi connectivity index (χ2n) is 7.02. The molecule has 0 atom stereocenters. The van der Waals surface area contributed by atoms with E-state index in [0.717, 1.165) is 31.9 Å². The lowest BCUT2D eigenvalue weighted by Gasteiger charge is -2.27. The minimum atomic E-state index is -3.95. The third kappa shape index (κ3) is 4.88. The van der Waals surface area contributed by atoms with Crippen molar-refractivity contribution < 1.29 is 17.6 Å². The zero-order valence-corrected chi connectivity index (χ0v) is 17.5. The third-order valence-electron chi connectivity index (χ3n) is 4.33. The summed E-state index contributed by atoms with van der Waals surface area (Å²) in [4.78, 5) is 12.7. The molecule has 0 aliphatic rings. The molecular formula is C20H26FN3O3S. The number of carbonyl (C=O) groups excluding carboxylic acids is 1. The Morgan fingerprint density at radius 3 is 2.25 bits per heavy atom. The van der Waals surface area contributed by atoms with Gasteiger partial charge in [-0.3, -0.25) is 4.79 Å². The van der Waals surface area contributed by atoms with Gasteiger partial charge in [0.25, 0.3) is 0 Å². The van der Waals surface area contributed by atoms with Crippen LogP contribution in [-0.4, -0.2) is 39.3 Å². The van der Waals surface area contributed by atoms with Gasteiger partial charge in [0.15, 0.2) is 0 Å². The van der Waals surface area contributed by atoms with Gasteiger partial charge >= 0.3 is 10.2 Å². The highest BCUT2D eigenvalue weighted by molar-refractivity contribution is 7.90. The van der Waals surface area contributed by atoms with Crippen LogP contribution < -0.4 is 9.62 Å². The van der Waals surface area contributed by atoms with E-state index in [4.69, 9.17) is 0 Å². The van der Waals surface area contributed by atoms with Crippen molar-refractivity contribution in [2.24, 2.45) is 0 Å². The van der Waals surface area contributed by atoms with E-state index in [1.54, 1.807) is 0 Å². The molecule has 6 nitrogen and oxygen atoms in total. The van der Waals surface area contributed by atoms with Crippen molar-refractivity contribution in [3.8, 4) is 0 Å². The lowest BCUT2D eigenvalue weighted by Crippen LogP contribution is -2.44. The molecule has 0 bridgehead atoms. The lowest BCUT2D eigenvalue weighted by atomic mass is 9.98. The molecule has 0 fully saturated rings. The molecule has 1 amide bonds. The quantitative estimate of drug-likeness (QED) is 0.764. The van der Waals surface area contributed by atoms with Crippen LogP contribution in [0.25, 0.3) is 0 Å². The summed E-state index contributed by atoms with van der Waals surface area (Å²) in [7, 11) is -1.19. The summed E-state index contributed by atoms with van der Waals surface area (Å²) in [6.45, 7) is 5.49. The second kappa shape index (κ2) is 8.70. The van der Waals surface area contributed by atoms with E-state index in [-0.39, 0.29) is 11.6 Å². The lowest BCUT2D eigenvalue weighted by molar-refractivity contribution is -0.114. The molecule has 2 aromatic carbocycles. The van der Waals surface area contributed by atoms with E-state index < -0.39 is 28.5 Å². The Hall–Kier alpha value is -2.45. The summed E-state index contributed by atoms with van der Waals surface area (Å²) in [5.74, 6) is -0.781. The van der Waals surface area contributed by atoms with Gasteiger partial charge in [0.1, 0.15) is 12.4 Å². The van der Waals surface area contributed by atoms with Crippen LogP contribution >= 0.6 is 0 Å². The Balaban J connectivity index is 2.35. The van der Waals surface area contributed by atoms with Crippen LogP contribution in [0.2, 0.25) is 0 Å². The molecule has 28 heavy (non-hydrogen) atoms. The predicted octanol–water partition coefficient (Wildman–Crippen LogP) is 3.51. The number of amides is 1. The Morgan fingerprint density at radius 2 is 1.71 bits per heavy atom. The molecule has 1 N–H and O–H groups in total. The second-order valence-corrected chi connectivity index (χ2v) is 9.08. The Bertz CT molecular complexity index is 942. The van der Waals surface area contributed by atoms with Gasteiger partial charge in [-0.2, -0.15) is 12.7 Å².